The molecule has 6 heteroatoms. The molecule has 19 heavy (non-hydrogen) atoms. The fourth-order valence-corrected chi connectivity index (χ4v) is 1.97. The Hall–Kier alpha value is -1.59. The third kappa shape index (κ3) is 3.05. The molecule has 0 saturated carbocycles. The summed E-state index contributed by atoms with van der Waals surface area (Å²) in [5.41, 5.74) is 6.56. The predicted octanol–water partition coefficient (Wildman–Crippen LogP) is 4.08. The summed E-state index contributed by atoms with van der Waals surface area (Å²) in [6.07, 6.45) is 0. The molecule has 0 bridgehead atoms. The molecule has 0 atom stereocenters. The number of rotatable bonds is 2. The van der Waals surface area contributed by atoms with Crippen LogP contribution < -0.4 is 11.1 Å². The Kier molecular flexibility index (Phi) is 4.07. The number of nitrogen functional groups attached to an aromatic ring is 1. The molecule has 0 aliphatic heterocycles. The molecule has 0 saturated heterocycles. The summed E-state index contributed by atoms with van der Waals surface area (Å²) < 4.78 is 13.7. The minimum Gasteiger partial charge on any atom is -0.397 e. The van der Waals surface area contributed by atoms with Gasteiger partial charge in [0.15, 0.2) is 0 Å². The molecule has 0 aliphatic rings. The van der Waals surface area contributed by atoms with E-state index in [9.17, 15) is 9.18 Å². The van der Waals surface area contributed by atoms with E-state index in [4.69, 9.17) is 17.3 Å². The smallest absolute Gasteiger partial charge is 0.255 e. The van der Waals surface area contributed by atoms with Crippen molar-refractivity contribution in [1.29, 1.82) is 0 Å². The van der Waals surface area contributed by atoms with Crippen molar-refractivity contribution >= 4 is 44.8 Å². The van der Waals surface area contributed by atoms with Crippen molar-refractivity contribution in [3.63, 3.8) is 0 Å². The highest BCUT2D eigenvalue weighted by Crippen LogP contribution is 2.28. The van der Waals surface area contributed by atoms with E-state index in [1.807, 2.05) is 0 Å². The third-order valence-corrected chi connectivity index (χ3v) is 3.42. The zero-order valence-electron chi connectivity index (χ0n) is 9.58. The lowest BCUT2D eigenvalue weighted by atomic mass is 10.2. The van der Waals surface area contributed by atoms with Gasteiger partial charge in [-0.15, -0.1) is 0 Å². The van der Waals surface area contributed by atoms with E-state index in [-0.39, 0.29) is 5.56 Å². The molecule has 0 aromatic heterocycles. The van der Waals surface area contributed by atoms with Crippen molar-refractivity contribution in [3.05, 3.63) is 57.3 Å². The quantitative estimate of drug-likeness (QED) is 0.807. The fraction of sp³-hybridized carbons (Fsp3) is 0. The van der Waals surface area contributed by atoms with Crippen molar-refractivity contribution in [3.8, 4) is 0 Å². The van der Waals surface area contributed by atoms with Gasteiger partial charge in [-0.25, -0.2) is 4.39 Å². The number of carbonyl (C=O) groups is 1. The largest absolute Gasteiger partial charge is 0.397 e. The lowest BCUT2D eigenvalue weighted by Gasteiger charge is -2.10. The molecular formula is C13H9BrClFN2O. The summed E-state index contributed by atoms with van der Waals surface area (Å²) in [6.45, 7) is 0. The normalized spacial score (nSPS) is 10.3. The molecule has 2 rings (SSSR count). The van der Waals surface area contributed by atoms with Crippen LogP contribution >= 0.6 is 27.5 Å². The Balaban J connectivity index is 2.28. The molecule has 3 nitrogen and oxygen atoms in total. The number of carbonyl (C=O) groups excluding carboxylic acids is 1. The molecular weight excluding hydrogens is 335 g/mol. The van der Waals surface area contributed by atoms with Crippen LogP contribution in [0.4, 0.5) is 15.8 Å². The number of benzene rings is 2. The summed E-state index contributed by atoms with van der Waals surface area (Å²) in [7, 11) is 0. The summed E-state index contributed by atoms with van der Waals surface area (Å²) in [5.74, 6) is -0.994. The molecule has 2 aromatic rings. The molecule has 98 valence electrons. The second-order valence-electron chi connectivity index (χ2n) is 3.79. The molecule has 0 heterocycles. The second-order valence-corrected chi connectivity index (χ2v) is 5.05. The van der Waals surface area contributed by atoms with Crippen LogP contribution in [0.3, 0.4) is 0 Å². The van der Waals surface area contributed by atoms with Crippen molar-refractivity contribution in [1.82, 2.24) is 0 Å². The van der Waals surface area contributed by atoms with Gasteiger partial charge in [-0.3, -0.25) is 4.79 Å². The average molecular weight is 344 g/mol. The van der Waals surface area contributed by atoms with Gasteiger partial charge in [0.1, 0.15) is 5.82 Å². The first-order valence-corrected chi connectivity index (χ1v) is 6.46. The van der Waals surface area contributed by atoms with Gasteiger partial charge in [-0.05, 0) is 46.3 Å². The van der Waals surface area contributed by atoms with E-state index in [0.29, 0.717) is 20.9 Å². The minimum atomic E-state index is -0.514. The monoisotopic (exact) mass is 342 g/mol. The van der Waals surface area contributed by atoms with E-state index in [1.165, 1.54) is 12.1 Å². The summed E-state index contributed by atoms with van der Waals surface area (Å²) in [4.78, 5) is 12.0. The Labute approximate surface area is 122 Å². The second kappa shape index (κ2) is 5.59. The summed E-state index contributed by atoms with van der Waals surface area (Å²) in [5, 5.41) is 2.89. The van der Waals surface area contributed by atoms with Crippen LogP contribution in [0.2, 0.25) is 5.02 Å². The first kappa shape index (κ1) is 13.8. The van der Waals surface area contributed by atoms with Gasteiger partial charge in [0, 0.05) is 5.56 Å². The zero-order valence-corrected chi connectivity index (χ0v) is 11.9. The minimum absolute atomic E-state index is 0.181. The fourth-order valence-electron chi connectivity index (χ4n) is 1.50. The van der Waals surface area contributed by atoms with Gasteiger partial charge in [-0.2, -0.15) is 0 Å². The van der Waals surface area contributed by atoms with Crippen LogP contribution in [0.1, 0.15) is 10.4 Å². The molecule has 0 spiro atoms. The average Bonchev–Trinajstić information content (AvgIpc) is 2.37. The van der Waals surface area contributed by atoms with Gasteiger partial charge in [0.2, 0.25) is 0 Å². The lowest BCUT2D eigenvalue weighted by Crippen LogP contribution is -2.13. The Morgan fingerprint density at radius 3 is 2.68 bits per heavy atom. The number of para-hydroxylation sites is 1. The first-order chi connectivity index (χ1) is 8.99. The van der Waals surface area contributed by atoms with Crippen molar-refractivity contribution in [2.45, 2.75) is 0 Å². The molecule has 0 fully saturated rings. The van der Waals surface area contributed by atoms with E-state index in [1.54, 1.807) is 18.2 Å². The van der Waals surface area contributed by atoms with Crippen molar-refractivity contribution < 1.29 is 9.18 Å². The van der Waals surface area contributed by atoms with Gasteiger partial charge >= 0.3 is 0 Å². The Bertz CT molecular complexity index is 628. The highest BCUT2D eigenvalue weighted by atomic mass is 79.9. The van der Waals surface area contributed by atoms with Crippen LogP contribution in [0.15, 0.2) is 40.9 Å². The maximum absolute atomic E-state index is 13.4. The number of halogens is 3. The van der Waals surface area contributed by atoms with E-state index in [0.717, 1.165) is 6.07 Å². The summed E-state index contributed by atoms with van der Waals surface area (Å²) in [6, 6.07) is 8.98. The maximum atomic E-state index is 13.4. The standard InChI is InChI=1S/C13H9BrClFN2O/c14-8-5-4-7(6-10(8)16)13(19)18-12-9(15)2-1-3-11(12)17/h1-6H,17H2,(H,18,19). The predicted molar refractivity (Wildman–Crippen MR) is 77.9 cm³/mol. The van der Waals surface area contributed by atoms with E-state index in [2.05, 4.69) is 21.2 Å². The van der Waals surface area contributed by atoms with Crippen LogP contribution in [0.5, 0.6) is 0 Å². The zero-order chi connectivity index (χ0) is 14.0. The Morgan fingerprint density at radius 1 is 1.32 bits per heavy atom. The van der Waals surface area contributed by atoms with Gasteiger partial charge in [-0.1, -0.05) is 17.7 Å². The van der Waals surface area contributed by atoms with Crippen LogP contribution in [-0.2, 0) is 0 Å². The molecule has 0 radical (unpaired) electrons. The van der Waals surface area contributed by atoms with E-state index < -0.39 is 11.7 Å². The summed E-state index contributed by atoms with van der Waals surface area (Å²) >= 11 is 8.96. The molecule has 3 N–H and O–H groups in total. The van der Waals surface area contributed by atoms with Crippen molar-refractivity contribution in [2.75, 3.05) is 11.1 Å². The number of nitrogens with one attached hydrogen (secondary N) is 1. The van der Waals surface area contributed by atoms with Crippen LogP contribution in [-0.4, -0.2) is 5.91 Å². The van der Waals surface area contributed by atoms with Gasteiger partial charge < -0.3 is 11.1 Å². The molecule has 1 amide bonds. The Morgan fingerprint density at radius 2 is 2.05 bits per heavy atom. The number of nitrogens with two attached hydrogens (primary N) is 1. The highest BCUT2D eigenvalue weighted by molar-refractivity contribution is 9.10. The van der Waals surface area contributed by atoms with Gasteiger partial charge in [0.25, 0.3) is 5.91 Å². The van der Waals surface area contributed by atoms with E-state index >= 15 is 0 Å². The lowest BCUT2D eigenvalue weighted by molar-refractivity contribution is 0.102. The number of hydrogen-bond donors (Lipinski definition) is 2. The third-order valence-electron chi connectivity index (χ3n) is 2.47. The molecule has 2 aromatic carbocycles. The van der Waals surface area contributed by atoms with Crippen LogP contribution in [0, 0.1) is 5.82 Å². The number of amides is 1. The molecule has 0 unspecified atom stereocenters. The number of hydrogen-bond acceptors (Lipinski definition) is 2. The topological polar surface area (TPSA) is 55.1 Å². The van der Waals surface area contributed by atoms with Crippen LogP contribution in [0.25, 0.3) is 0 Å². The number of anilines is 2. The van der Waals surface area contributed by atoms with Gasteiger partial charge in [0.05, 0.1) is 20.9 Å². The SMILES string of the molecule is Nc1cccc(Cl)c1NC(=O)c1ccc(Br)c(F)c1. The maximum Gasteiger partial charge on any atom is 0.255 e. The molecule has 0 aliphatic carbocycles. The van der Waals surface area contributed by atoms with Crippen molar-refractivity contribution in [2.24, 2.45) is 0 Å². The first-order valence-electron chi connectivity index (χ1n) is 5.29. The highest BCUT2D eigenvalue weighted by Gasteiger charge is 2.12.